The highest BCUT2D eigenvalue weighted by Crippen LogP contribution is 2.42. The van der Waals surface area contributed by atoms with E-state index in [-0.39, 0.29) is 0 Å². The Balaban J connectivity index is 1.18. The van der Waals surface area contributed by atoms with Crippen molar-refractivity contribution in [2.45, 2.75) is 13.8 Å². The molecule has 11 aromatic rings. The van der Waals surface area contributed by atoms with Crippen molar-refractivity contribution in [3.63, 3.8) is 0 Å². The molecule has 0 spiro atoms. The molecular formula is C56H38. The van der Waals surface area contributed by atoms with Gasteiger partial charge in [-0.3, -0.25) is 0 Å². The quantitative estimate of drug-likeness (QED) is 0.160. The van der Waals surface area contributed by atoms with E-state index < -0.39 is 0 Å². The maximum atomic E-state index is 2.42. The molecule has 0 fully saturated rings. The van der Waals surface area contributed by atoms with Crippen LogP contribution < -0.4 is 0 Å². The zero-order valence-electron chi connectivity index (χ0n) is 31.5. The zero-order chi connectivity index (χ0) is 37.3. The number of aryl methyl sites for hydroxylation is 1. The van der Waals surface area contributed by atoms with Crippen LogP contribution in [0.25, 0.3) is 109 Å². The van der Waals surface area contributed by atoms with Crippen molar-refractivity contribution >= 4 is 64.6 Å². The number of hydrogen-bond donors (Lipinski definition) is 0. The maximum Gasteiger partial charge on any atom is -0.00928 e. The number of fused-ring (bicyclic) bond motifs is 12. The van der Waals surface area contributed by atoms with Gasteiger partial charge in [0.25, 0.3) is 0 Å². The Bertz CT molecular complexity index is 3130. The summed E-state index contributed by atoms with van der Waals surface area (Å²) in [7, 11) is 0. The first-order valence-electron chi connectivity index (χ1n) is 19.6. The zero-order valence-corrected chi connectivity index (χ0v) is 31.5. The van der Waals surface area contributed by atoms with Crippen molar-refractivity contribution in [2.24, 2.45) is 0 Å². The van der Waals surface area contributed by atoms with Gasteiger partial charge < -0.3 is 0 Å². The van der Waals surface area contributed by atoms with E-state index in [1.165, 1.54) is 120 Å². The molecule has 0 saturated carbocycles. The number of hydrogen-bond acceptors (Lipinski definition) is 0. The van der Waals surface area contributed by atoms with Crippen molar-refractivity contribution in [3.05, 3.63) is 205 Å². The minimum atomic E-state index is 1.21. The second-order valence-electron chi connectivity index (χ2n) is 15.3. The lowest BCUT2D eigenvalue weighted by Crippen LogP contribution is -1.92. The summed E-state index contributed by atoms with van der Waals surface area (Å²) in [6.45, 7) is 4.49. The molecule has 0 aromatic heterocycles. The summed E-state index contributed by atoms with van der Waals surface area (Å²) in [4.78, 5) is 0. The molecule has 0 aliphatic heterocycles. The average molecular weight is 711 g/mol. The summed E-state index contributed by atoms with van der Waals surface area (Å²) in [6.07, 6.45) is 0. The Labute approximate surface area is 326 Å². The van der Waals surface area contributed by atoms with Crippen molar-refractivity contribution in [3.8, 4) is 44.5 Å². The van der Waals surface area contributed by atoms with E-state index in [9.17, 15) is 0 Å². The Kier molecular flexibility index (Phi) is 7.41. The highest BCUT2D eigenvalue weighted by atomic mass is 14.2. The van der Waals surface area contributed by atoms with Crippen molar-refractivity contribution in [1.82, 2.24) is 0 Å². The van der Waals surface area contributed by atoms with Crippen molar-refractivity contribution < 1.29 is 0 Å². The standard InChI is InChI=1S/C56H38/c1-35-14-3-4-15-42(35)44-25-13-24-43(36(44)2)41-31-39(37-26-28-53-49-20-7-5-16-45(49)47-18-9-11-22-51(47)55(53)33-37)30-40(32-41)38-27-29-54-50-21-8-6-17-46(50)48-19-10-12-23-52(48)56(54)34-38/h3-34H,1-2H3. The molecule has 11 aromatic carbocycles. The van der Waals surface area contributed by atoms with Crippen LogP contribution in [0, 0.1) is 13.8 Å². The molecule has 0 saturated heterocycles. The van der Waals surface area contributed by atoms with E-state index in [0.717, 1.165) is 0 Å². The molecule has 11 rings (SSSR count). The van der Waals surface area contributed by atoms with E-state index in [0.29, 0.717) is 0 Å². The van der Waals surface area contributed by atoms with Crippen LogP contribution in [0.15, 0.2) is 194 Å². The molecule has 0 nitrogen and oxygen atoms in total. The van der Waals surface area contributed by atoms with Gasteiger partial charge in [-0.15, -0.1) is 0 Å². The fourth-order valence-electron chi connectivity index (χ4n) is 9.41. The van der Waals surface area contributed by atoms with Gasteiger partial charge >= 0.3 is 0 Å². The second kappa shape index (κ2) is 12.8. The predicted molar refractivity (Wildman–Crippen MR) is 243 cm³/mol. The average Bonchev–Trinajstić information content (AvgIpc) is 3.26. The van der Waals surface area contributed by atoms with E-state index in [1.807, 2.05) is 0 Å². The molecule has 0 heteroatoms. The van der Waals surface area contributed by atoms with Gasteiger partial charge in [-0.1, -0.05) is 164 Å². The van der Waals surface area contributed by atoms with Crippen LogP contribution >= 0.6 is 0 Å². The summed E-state index contributed by atoms with van der Waals surface area (Å²) >= 11 is 0. The van der Waals surface area contributed by atoms with Gasteiger partial charge in [0.15, 0.2) is 0 Å². The van der Waals surface area contributed by atoms with Gasteiger partial charge in [-0.2, -0.15) is 0 Å². The summed E-state index contributed by atoms with van der Waals surface area (Å²) in [5, 5.41) is 15.5. The first-order chi connectivity index (χ1) is 27.6. The Morgan fingerprint density at radius 3 is 1.00 bits per heavy atom. The lowest BCUT2D eigenvalue weighted by atomic mass is 9.87. The highest BCUT2D eigenvalue weighted by molar-refractivity contribution is 6.27. The van der Waals surface area contributed by atoms with Gasteiger partial charge in [0.1, 0.15) is 0 Å². The van der Waals surface area contributed by atoms with Crippen LogP contribution in [-0.4, -0.2) is 0 Å². The molecule has 0 atom stereocenters. The van der Waals surface area contributed by atoms with Gasteiger partial charge in [-0.05, 0) is 164 Å². The predicted octanol–water partition coefficient (Wildman–Crippen LogP) is 15.9. The Morgan fingerprint density at radius 1 is 0.214 bits per heavy atom. The van der Waals surface area contributed by atoms with Gasteiger partial charge in [-0.25, -0.2) is 0 Å². The topological polar surface area (TPSA) is 0 Å². The van der Waals surface area contributed by atoms with E-state index in [2.05, 4.69) is 208 Å². The summed E-state index contributed by atoms with van der Waals surface area (Å²) in [6, 6.07) is 72.2. The molecule has 0 bridgehead atoms. The maximum absolute atomic E-state index is 2.42. The lowest BCUT2D eigenvalue weighted by molar-refractivity contribution is 1.40. The normalized spacial score (nSPS) is 11.8. The van der Waals surface area contributed by atoms with Crippen LogP contribution in [0.4, 0.5) is 0 Å². The Hall–Kier alpha value is -7.02. The van der Waals surface area contributed by atoms with Gasteiger partial charge in [0.2, 0.25) is 0 Å². The molecule has 0 N–H and O–H groups in total. The molecule has 0 unspecified atom stereocenters. The van der Waals surface area contributed by atoms with Crippen LogP contribution in [0.3, 0.4) is 0 Å². The van der Waals surface area contributed by atoms with Crippen LogP contribution in [0.2, 0.25) is 0 Å². The highest BCUT2D eigenvalue weighted by Gasteiger charge is 2.16. The molecule has 262 valence electrons. The lowest BCUT2D eigenvalue weighted by Gasteiger charge is -2.17. The third-order valence-corrected chi connectivity index (χ3v) is 12.2. The monoisotopic (exact) mass is 710 g/mol. The summed E-state index contributed by atoms with van der Waals surface area (Å²) in [5.74, 6) is 0. The Morgan fingerprint density at radius 2 is 0.554 bits per heavy atom. The molecule has 0 amide bonds. The number of benzene rings is 11. The van der Waals surface area contributed by atoms with E-state index in [4.69, 9.17) is 0 Å². The molecule has 0 heterocycles. The summed E-state index contributed by atoms with van der Waals surface area (Å²) in [5.41, 5.74) is 12.5. The van der Waals surface area contributed by atoms with Crippen LogP contribution in [0.5, 0.6) is 0 Å². The van der Waals surface area contributed by atoms with Crippen LogP contribution in [-0.2, 0) is 0 Å². The molecular weight excluding hydrogens is 673 g/mol. The molecule has 0 aliphatic rings. The van der Waals surface area contributed by atoms with Crippen molar-refractivity contribution in [2.75, 3.05) is 0 Å². The first-order valence-corrected chi connectivity index (χ1v) is 19.6. The smallest absolute Gasteiger partial charge is 0.00928 e. The van der Waals surface area contributed by atoms with Crippen molar-refractivity contribution in [1.29, 1.82) is 0 Å². The minimum absolute atomic E-state index is 1.21. The van der Waals surface area contributed by atoms with E-state index in [1.54, 1.807) is 0 Å². The largest absolute Gasteiger partial charge is 0.0620 e. The third-order valence-electron chi connectivity index (χ3n) is 12.2. The fraction of sp³-hybridized carbons (Fsp3) is 0.0357. The molecule has 0 aliphatic carbocycles. The first kappa shape index (κ1) is 32.4. The van der Waals surface area contributed by atoms with Crippen LogP contribution in [0.1, 0.15) is 11.1 Å². The third kappa shape index (κ3) is 5.07. The number of rotatable bonds is 4. The molecule has 0 radical (unpaired) electrons. The molecule has 56 heavy (non-hydrogen) atoms. The van der Waals surface area contributed by atoms with E-state index >= 15 is 0 Å². The minimum Gasteiger partial charge on any atom is -0.0620 e. The van der Waals surface area contributed by atoms with Gasteiger partial charge in [0.05, 0.1) is 0 Å². The summed E-state index contributed by atoms with van der Waals surface area (Å²) < 4.78 is 0. The second-order valence-corrected chi connectivity index (χ2v) is 15.3. The fourth-order valence-corrected chi connectivity index (χ4v) is 9.41. The van der Waals surface area contributed by atoms with Gasteiger partial charge in [0, 0.05) is 0 Å². The SMILES string of the molecule is Cc1ccccc1-c1cccc(-c2cc(-c3ccc4c5ccccc5c5ccccc5c4c3)cc(-c3ccc4c5ccccc5c5ccccc5c4c3)c2)c1C.